The lowest BCUT2D eigenvalue weighted by Crippen LogP contribution is -2.20. The Morgan fingerprint density at radius 3 is 2.48 bits per heavy atom. The number of ether oxygens (including phenoxy) is 3. The molecule has 0 aliphatic heterocycles. The van der Waals surface area contributed by atoms with Gasteiger partial charge in [-0.1, -0.05) is 29.8 Å². The van der Waals surface area contributed by atoms with Gasteiger partial charge in [0.15, 0.2) is 11.6 Å². The zero-order valence-corrected chi connectivity index (χ0v) is 26.4. The van der Waals surface area contributed by atoms with Gasteiger partial charge in [-0.2, -0.15) is 0 Å². The highest BCUT2D eigenvalue weighted by Gasteiger charge is 2.15. The third kappa shape index (κ3) is 9.21. The van der Waals surface area contributed by atoms with E-state index in [0.717, 1.165) is 26.4 Å². The number of nitrogens with one attached hydrogen (secondary N) is 1. The number of rotatable bonds is 17. The number of carbonyl (C=O) groups is 1. The zero-order valence-electron chi connectivity index (χ0n) is 25.6. The zero-order chi connectivity index (χ0) is 32.3. The molecule has 3 N–H and O–H groups in total. The lowest BCUT2D eigenvalue weighted by atomic mass is 10.0. The molecule has 3 aromatic heterocycles. The van der Waals surface area contributed by atoms with Gasteiger partial charge in [0.1, 0.15) is 17.3 Å². The third-order valence-electron chi connectivity index (χ3n) is 7.05. The maximum absolute atomic E-state index is 15.1. The van der Waals surface area contributed by atoms with Gasteiger partial charge in [0.25, 0.3) is 0 Å². The van der Waals surface area contributed by atoms with Crippen molar-refractivity contribution in [3.63, 3.8) is 0 Å². The Morgan fingerprint density at radius 2 is 1.70 bits per heavy atom. The average molecular weight is 647 g/mol. The van der Waals surface area contributed by atoms with Crippen LogP contribution >= 0.6 is 11.3 Å². The molecule has 0 bridgehead atoms. The Morgan fingerprint density at radius 1 is 0.870 bits per heavy atom. The highest BCUT2D eigenvalue weighted by Crippen LogP contribution is 2.39. The summed E-state index contributed by atoms with van der Waals surface area (Å²) in [7, 11) is 0. The minimum absolute atomic E-state index is 0.0135. The molecule has 46 heavy (non-hydrogen) atoms. The van der Waals surface area contributed by atoms with Crippen LogP contribution in [0.1, 0.15) is 22.3 Å². The van der Waals surface area contributed by atoms with Gasteiger partial charge in [0.05, 0.1) is 47.2 Å². The van der Waals surface area contributed by atoms with Crippen LogP contribution in [0.15, 0.2) is 73.1 Å². The fraction of sp³-hybridized carbons (Fsp3) is 0.286. The molecule has 3 heterocycles. The van der Waals surface area contributed by atoms with E-state index in [1.807, 2.05) is 31.3 Å². The fourth-order valence-corrected chi connectivity index (χ4v) is 5.82. The van der Waals surface area contributed by atoms with E-state index in [-0.39, 0.29) is 24.4 Å². The van der Waals surface area contributed by atoms with Gasteiger partial charge < -0.3 is 25.3 Å². The van der Waals surface area contributed by atoms with Crippen LogP contribution in [0.2, 0.25) is 0 Å². The quantitative estimate of drug-likeness (QED) is 0.116. The number of carbonyl (C=O) groups excluding carboxylic acids is 1. The van der Waals surface area contributed by atoms with E-state index in [1.54, 1.807) is 30.5 Å². The number of nitrogens with two attached hydrogens (primary N) is 1. The number of aromatic nitrogens is 2. The number of hydrogen-bond acceptors (Lipinski definition) is 9. The first-order valence-corrected chi connectivity index (χ1v) is 15.8. The normalized spacial score (nSPS) is 11.3. The Kier molecular flexibility index (Phi) is 11.9. The van der Waals surface area contributed by atoms with Gasteiger partial charge in [0, 0.05) is 50.9 Å². The number of benzene rings is 2. The molecule has 0 spiro atoms. The van der Waals surface area contributed by atoms with Gasteiger partial charge in [0.2, 0.25) is 0 Å². The first-order valence-electron chi connectivity index (χ1n) is 15.0. The minimum atomic E-state index is -0.595. The number of fused-ring (bicyclic) bond motifs is 1. The molecule has 0 saturated carbocycles. The Balaban J connectivity index is 1.17. The van der Waals surface area contributed by atoms with Crippen molar-refractivity contribution < 1.29 is 27.8 Å². The standard InChI is InChI=1S/C35H36F2N4O4S/c1-23-2-5-28(36)26(16-23)19-27(42)17-24-4-7-32(29(37)18-24)45-33-8-10-40-31-20-34(46-35(31)33)30-6-3-25(22-41-30)21-39-11-13-44-15-14-43-12-9-38/h2-8,10,16,18,20,22,39H,9,11-15,17,19,21,38H2,1H3. The minimum Gasteiger partial charge on any atom is -0.453 e. The number of hydrogen-bond donors (Lipinski definition) is 2. The van der Waals surface area contributed by atoms with E-state index in [9.17, 15) is 9.18 Å². The Bertz CT molecular complexity index is 1760. The number of thiophene rings is 1. The molecule has 0 unspecified atom stereocenters. The van der Waals surface area contributed by atoms with Crippen molar-refractivity contribution in [2.24, 2.45) is 5.73 Å². The van der Waals surface area contributed by atoms with Crippen molar-refractivity contribution in [1.82, 2.24) is 15.3 Å². The molecule has 0 radical (unpaired) electrons. The topological polar surface area (TPSA) is 109 Å². The van der Waals surface area contributed by atoms with Gasteiger partial charge in [-0.05, 0) is 53.9 Å². The van der Waals surface area contributed by atoms with Crippen LogP contribution in [0.5, 0.6) is 11.5 Å². The van der Waals surface area contributed by atoms with Crippen molar-refractivity contribution >= 4 is 27.3 Å². The van der Waals surface area contributed by atoms with Crippen LogP contribution in [0.3, 0.4) is 0 Å². The molecule has 5 aromatic rings. The SMILES string of the molecule is Cc1ccc(F)c(CC(=O)Cc2ccc(Oc3ccnc4cc(-c5ccc(CNCCOCCOCCN)cn5)sc34)c(F)c2)c1. The molecule has 0 saturated heterocycles. The lowest BCUT2D eigenvalue weighted by Gasteiger charge is -2.09. The molecular weight excluding hydrogens is 610 g/mol. The first kappa shape index (κ1) is 33.2. The average Bonchev–Trinajstić information content (AvgIpc) is 3.49. The molecular formula is C35H36F2N4O4S. The summed E-state index contributed by atoms with van der Waals surface area (Å²) in [6.07, 6.45) is 3.38. The number of halogens is 2. The van der Waals surface area contributed by atoms with Gasteiger partial charge in [-0.3, -0.25) is 14.8 Å². The van der Waals surface area contributed by atoms with Crippen molar-refractivity contribution in [2.75, 3.05) is 39.5 Å². The molecule has 11 heteroatoms. The number of nitrogens with zero attached hydrogens (tertiary/aromatic N) is 2. The molecule has 8 nitrogen and oxygen atoms in total. The van der Waals surface area contributed by atoms with Crippen molar-refractivity contribution in [3.8, 4) is 22.1 Å². The molecule has 0 atom stereocenters. The number of pyridine rings is 2. The monoisotopic (exact) mass is 646 g/mol. The van der Waals surface area contributed by atoms with Crippen LogP contribution in [0.4, 0.5) is 8.78 Å². The fourth-order valence-electron chi connectivity index (χ4n) is 4.78. The van der Waals surface area contributed by atoms with E-state index >= 15 is 4.39 Å². The van der Waals surface area contributed by atoms with Crippen LogP contribution in [0.25, 0.3) is 20.8 Å². The van der Waals surface area contributed by atoms with E-state index in [1.165, 1.54) is 29.5 Å². The van der Waals surface area contributed by atoms with Crippen molar-refractivity contribution in [1.29, 1.82) is 0 Å². The van der Waals surface area contributed by atoms with Gasteiger partial charge >= 0.3 is 0 Å². The molecule has 5 rings (SSSR count). The van der Waals surface area contributed by atoms with Gasteiger partial charge in [-0.25, -0.2) is 8.78 Å². The van der Waals surface area contributed by atoms with E-state index < -0.39 is 11.6 Å². The van der Waals surface area contributed by atoms with Gasteiger partial charge in [-0.15, -0.1) is 11.3 Å². The number of Topliss-reactive ketones (excluding diaryl/α,β-unsaturated/α-hetero) is 1. The molecule has 0 aliphatic carbocycles. The van der Waals surface area contributed by atoms with Crippen molar-refractivity contribution in [2.45, 2.75) is 26.3 Å². The maximum atomic E-state index is 15.1. The third-order valence-corrected chi connectivity index (χ3v) is 8.21. The highest BCUT2D eigenvalue weighted by molar-refractivity contribution is 7.22. The number of aryl methyl sites for hydroxylation is 1. The van der Waals surface area contributed by atoms with E-state index in [0.29, 0.717) is 68.5 Å². The summed E-state index contributed by atoms with van der Waals surface area (Å²) in [5, 5.41) is 3.34. The molecule has 0 amide bonds. The van der Waals surface area contributed by atoms with Crippen LogP contribution in [0, 0.1) is 18.6 Å². The molecule has 240 valence electrons. The van der Waals surface area contributed by atoms with E-state index in [2.05, 4.69) is 15.3 Å². The lowest BCUT2D eigenvalue weighted by molar-refractivity contribution is -0.117. The summed E-state index contributed by atoms with van der Waals surface area (Å²) in [6.45, 7) is 5.92. The summed E-state index contributed by atoms with van der Waals surface area (Å²) in [5.74, 6) is -0.726. The maximum Gasteiger partial charge on any atom is 0.166 e. The first-order chi connectivity index (χ1) is 22.4. The predicted molar refractivity (Wildman–Crippen MR) is 175 cm³/mol. The molecule has 0 fully saturated rings. The summed E-state index contributed by atoms with van der Waals surface area (Å²) in [4.78, 5) is 22.6. The molecule has 0 aliphatic rings. The van der Waals surface area contributed by atoms with E-state index in [4.69, 9.17) is 19.9 Å². The predicted octanol–water partition coefficient (Wildman–Crippen LogP) is 6.17. The highest BCUT2D eigenvalue weighted by atomic mass is 32.1. The van der Waals surface area contributed by atoms with Crippen molar-refractivity contribution in [3.05, 3.63) is 107 Å². The summed E-state index contributed by atoms with van der Waals surface area (Å²) < 4.78 is 46.7. The Hall–Kier alpha value is -4.13. The largest absolute Gasteiger partial charge is 0.453 e. The smallest absolute Gasteiger partial charge is 0.166 e. The summed E-state index contributed by atoms with van der Waals surface area (Å²) in [5.41, 5.74) is 9.63. The van der Waals surface area contributed by atoms with Crippen LogP contribution in [-0.4, -0.2) is 55.3 Å². The second-order valence-corrected chi connectivity index (χ2v) is 11.8. The Labute approximate surface area is 270 Å². The number of ketones is 1. The molecule has 2 aromatic carbocycles. The summed E-state index contributed by atoms with van der Waals surface area (Å²) >= 11 is 1.46. The summed E-state index contributed by atoms with van der Waals surface area (Å²) in [6, 6.07) is 16.7. The van der Waals surface area contributed by atoms with Crippen LogP contribution < -0.4 is 15.8 Å². The van der Waals surface area contributed by atoms with Crippen LogP contribution in [-0.2, 0) is 33.7 Å². The second-order valence-electron chi connectivity index (χ2n) is 10.7. The second kappa shape index (κ2) is 16.4.